The second-order valence-electron chi connectivity index (χ2n) is 6.08. The number of anilines is 2. The van der Waals surface area contributed by atoms with Crippen molar-refractivity contribution in [2.45, 2.75) is 13.8 Å². The number of non-ortho nitro benzene ring substituents is 1. The Morgan fingerprint density at radius 2 is 1.87 bits per heavy atom. The highest BCUT2D eigenvalue weighted by molar-refractivity contribution is 7.22. The van der Waals surface area contributed by atoms with Crippen LogP contribution in [0.4, 0.5) is 16.5 Å². The highest BCUT2D eigenvalue weighted by atomic mass is 32.1. The topological polar surface area (TPSA) is 141 Å². The highest BCUT2D eigenvalue weighted by Gasteiger charge is 2.19. The molecule has 0 unspecified atom stereocenters. The summed E-state index contributed by atoms with van der Waals surface area (Å²) in [4.78, 5) is 50.5. The molecule has 3 aromatic rings. The molecule has 1 aromatic heterocycles. The molecule has 11 heteroatoms. The zero-order valence-corrected chi connectivity index (χ0v) is 16.7. The van der Waals surface area contributed by atoms with Crippen molar-refractivity contribution >= 4 is 55.8 Å². The molecular weight excluding hydrogens is 412 g/mol. The maximum Gasteiger partial charge on any atom is 0.338 e. The van der Waals surface area contributed by atoms with Crippen molar-refractivity contribution in [3.63, 3.8) is 0 Å². The van der Waals surface area contributed by atoms with Crippen LogP contribution in [0, 0.1) is 10.1 Å². The van der Waals surface area contributed by atoms with Gasteiger partial charge in [-0.3, -0.25) is 19.7 Å². The minimum atomic E-state index is -0.758. The Hall–Kier alpha value is -3.86. The molecule has 154 valence electrons. The van der Waals surface area contributed by atoms with Crippen LogP contribution in [-0.4, -0.2) is 34.3 Å². The van der Waals surface area contributed by atoms with E-state index in [1.165, 1.54) is 24.3 Å². The fourth-order valence-electron chi connectivity index (χ4n) is 2.59. The molecular formula is C19H16N4O6S. The van der Waals surface area contributed by atoms with Crippen molar-refractivity contribution < 1.29 is 24.0 Å². The molecule has 2 N–H and O–H groups in total. The fourth-order valence-corrected chi connectivity index (χ4v) is 3.54. The summed E-state index contributed by atoms with van der Waals surface area (Å²) >= 11 is 1.24. The third kappa shape index (κ3) is 4.75. The minimum Gasteiger partial charge on any atom is -0.462 e. The normalized spacial score (nSPS) is 10.5. The Balaban J connectivity index is 1.88. The average Bonchev–Trinajstić information content (AvgIpc) is 3.08. The molecule has 2 aromatic carbocycles. The predicted octanol–water partition coefficient (Wildman–Crippen LogP) is 3.59. The Bertz CT molecular complexity index is 1170. The number of ether oxygens (including phenoxy) is 1. The van der Waals surface area contributed by atoms with Crippen molar-refractivity contribution in [3.8, 4) is 0 Å². The molecule has 0 atom stereocenters. The van der Waals surface area contributed by atoms with Gasteiger partial charge in [-0.1, -0.05) is 11.3 Å². The van der Waals surface area contributed by atoms with Gasteiger partial charge in [0.15, 0.2) is 5.13 Å². The molecule has 0 spiro atoms. The summed E-state index contributed by atoms with van der Waals surface area (Å²) in [6.07, 6.45) is 0. The Kier molecular flexibility index (Phi) is 6.02. The van der Waals surface area contributed by atoms with Crippen molar-refractivity contribution in [1.29, 1.82) is 0 Å². The number of benzene rings is 2. The lowest BCUT2D eigenvalue weighted by Crippen LogP contribution is -2.14. The summed E-state index contributed by atoms with van der Waals surface area (Å²) < 4.78 is 5.59. The van der Waals surface area contributed by atoms with E-state index in [4.69, 9.17) is 4.74 Å². The summed E-state index contributed by atoms with van der Waals surface area (Å²) in [7, 11) is 0. The molecule has 0 aliphatic heterocycles. The molecule has 2 amide bonds. The first-order valence-electron chi connectivity index (χ1n) is 8.73. The second-order valence-corrected chi connectivity index (χ2v) is 7.11. The summed E-state index contributed by atoms with van der Waals surface area (Å²) in [6.45, 7) is 3.08. The third-order valence-electron chi connectivity index (χ3n) is 3.83. The SMILES string of the molecule is CCOC(=O)c1cc(C(=O)Nc2ccc3nc(NC(C)=O)sc3c2)cc([N+](=O)[O-])c1. The number of hydrogen-bond donors (Lipinski definition) is 2. The summed E-state index contributed by atoms with van der Waals surface area (Å²) in [6, 6.07) is 8.32. The van der Waals surface area contributed by atoms with Gasteiger partial charge >= 0.3 is 5.97 Å². The smallest absolute Gasteiger partial charge is 0.338 e. The lowest BCUT2D eigenvalue weighted by Gasteiger charge is -2.07. The number of hydrogen-bond acceptors (Lipinski definition) is 8. The number of nitro benzene ring substituents is 1. The van der Waals surface area contributed by atoms with Gasteiger partial charge in [0.05, 0.1) is 27.3 Å². The number of aromatic nitrogens is 1. The van der Waals surface area contributed by atoms with E-state index in [2.05, 4.69) is 15.6 Å². The minimum absolute atomic E-state index is 0.0596. The first-order chi connectivity index (χ1) is 14.3. The van der Waals surface area contributed by atoms with Gasteiger partial charge in [-0.05, 0) is 31.2 Å². The molecule has 0 radical (unpaired) electrons. The van der Waals surface area contributed by atoms with Gasteiger partial charge in [0, 0.05) is 30.3 Å². The van der Waals surface area contributed by atoms with Crippen LogP contribution in [0.25, 0.3) is 10.2 Å². The quantitative estimate of drug-likeness (QED) is 0.347. The van der Waals surface area contributed by atoms with Gasteiger partial charge in [0.25, 0.3) is 11.6 Å². The lowest BCUT2D eigenvalue weighted by molar-refractivity contribution is -0.384. The monoisotopic (exact) mass is 428 g/mol. The zero-order chi connectivity index (χ0) is 21.8. The Labute approximate surface area is 174 Å². The first kappa shape index (κ1) is 20.9. The predicted molar refractivity (Wildman–Crippen MR) is 111 cm³/mol. The van der Waals surface area contributed by atoms with Crippen molar-refractivity contribution in [2.75, 3.05) is 17.2 Å². The number of nitrogens with zero attached hydrogens (tertiary/aromatic N) is 2. The van der Waals surface area contributed by atoms with Gasteiger partial charge in [0.1, 0.15) is 0 Å². The molecule has 10 nitrogen and oxygen atoms in total. The maximum absolute atomic E-state index is 12.7. The highest BCUT2D eigenvalue weighted by Crippen LogP contribution is 2.29. The van der Waals surface area contributed by atoms with Crippen LogP contribution in [0.5, 0.6) is 0 Å². The number of thiazole rings is 1. The number of carbonyl (C=O) groups is 3. The zero-order valence-electron chi connectivity index (χ0n) is 15.9. The first-order valence-corrected chi connectivity index (χ1v) is 9.54. The lowest BCUT2D eigenvalue weighted by atomic mass is 10.1. The molecule has 0 bridgehead atoms. The van der Waals surface area contributed by atoms with Gasteiger partial charge < -0.3 is 15.4 Å². The van der Waals surface area contributed by atoms with E-state index in [0.29, 0.717) is 16.3 Å². The summed E-state index contributed by atoms with van der Waals surface area (Å²) in [5, 5.41) is 16.8. The summed E-state index contributed by atoms with van der Waals surface area (Å²) in [5.41, 5.74) is 0.518. The number of nitro groups is 1. The van der Waals surface area contributed by atoms with Crippen LogP contribution in [-0.2, 0) is 9.53 Å². The maximum atomic E-state index is 12.7. The third-order valence-corrected chi connectivity index (χ3v) is 4.76. The standard InChI is InChI=1S/C19H16N4O6S/c1-3-29-18(26)12-6-11(7-14(8-12)23(27)28)17(25)21-13-4-5-15-16(9-13)30-19(22-15)20-10(2)24/h4-9H,3H2,1-2H3,(H,21,25)(H,20,22,24). The Morgan fingerprint density at radius 3 is 2.53 bits per heavy atom. The number of carbonyl (C=O) groups excluding carboxylic acids is 3. The molecule has 3 rings (SSSR count). The number of rotatable bonds is 6. The van der Waals surface area contributed by atoms with Crippen LogP contribution < -0.4 is 10.6 Å². The van der Waals surface area contributed by atoms with Gasteiger partial charge in [-0.15, -0.1) is 0 Å². The molecule has 0 fully saturated rings. The molecule has 0 saturated carbocycles. The van der Waals surface area contributed by atoms with Crippen LogP contribution in [0.2, 0.25) is 0 Å². The van der Waals surface area contributed by atoms with Gasteiger partial charge in [0.2, 0.25) is 5.91 Å². The van der Waals surface area contributed by atoms with Crippen LogP contribution in [0.15, 0.2) is 36.4 Å². The van der Waals surface area contributed by atoms with E-state index in [1.54, 1.807) is 25.1 Å². The van der Waals surface area contributed by atoms with Gasteiger partial charge in [-0.2, -0.15) is 0 Å². The molecule has 0 aliphatic carbocycles. The van der Waals surface area contributed by atoms with E-state index in [-0.39, 0.29) is 23.6 Å². The van der Waals surface area contributed by atoms with E-state index < -0.39 is 22.5 Å². The van der Waals surface area contributed by atoms with E-state index in [9.17, 15) is 24.5 Å². The van der Waals surface area contributed by atoms with E-state index in [0.717, 1.165) is 16.8 Å². The van der Waals surface area contributed by atoms with E-state index >= 15 is 0 Å². The van der Waals surface area contributed by atoms with Crippen molar-refractivity contribution in [3.05, 3.63) is 57.6 Å². The van der Waals surface area contributed by atoms with Crippen molar-refractivity contribution in [2.24, 2.45) is 0 Å². The fraction of sp³-hybridized carbons (Fsp3) is 0.158. The van der Waals surface area contributed by atoms with E-state index in [1.807, 2.05) is 0 Å². The second kappa shape index (κ2) is 8.66. The molecule has 1 heterocycles. The average molecular weight is 428 g/mol. The van der Waals surface area contributed by atoms with Crippen LogP contribution in [0.1, 0.15) is 34.6 Å². The van der Waals surface area contributed by atoms with Crippen molar-refractivity contribution in [1.82, 2.24) is 4.98 Å². The van der Waals surface area contributed by atoms with Crippen LogP contribution in [0.3, 0.4) is 0 Å². The molecule has 0 aliphatic rings. The number of nitrogens with one attached hydrogen (secondary N) is 2. The Morgan fingerprint density at radius 1 is 1.13 bits per heavy atom. The van der Waals surface area contributed by atoms with Crippen LogP contribution >= 0.6 is 11.3 Å². The summed E-state index contributed by atoms with van der Waals surface area (Å²) in [5.74, 6) is -1.63. The number of esters is 1. The number of amides is 2. The number of fused-ring (bicyclic) bond motifs is 1. The molecule has 30 heavy (non-hydrogen) atoms. The molecule has 0 saturated heterocycles. The van der Waals surface area contributed by atoms with Gasteiger partial charge in [-0.25, -0.2) is 9.78 Å². The largest absolute Gasteiger partial charge is 0.462 e.